The van der Waals surface area contributed by atoms with Gasteiger partial charge in [-0.1, -0.05) is 19.1 Å². The van der Waals surface area contributed by atoms with Crippen LogP contribution in [-0.4, -0.2) is 35.2 Å². The number of benzene rings is 1. The van der Waals surface area contributed by atoms with Crippen LogP contribution >= 0.6 is 0 Å². The molecule has 0 radical (unpaired) electrons. The zero-order chi connectivity index (χ0) is 14.6. The minimum atomic E-state index is -4.32. The van der Waals surface area contributed by atoms with E-state index < -0.39 is 18.7 Å². The quantitative estimate of drug-likeness (QED) is 0.810. The molecule has 0 amide bonds. The van der Waals surface area contributed by atoms with Gasteiger partial charge in [0.2, 0.25) is 0 Å². The van der Waals surface area contributed by atoms with Crippen molar-refractivity contribution in [3.8, 4) is 0 Å². The number of alkyl halides is 3. The predicted molar refractivity (Wildman–Crippen MR) is 64.8 cm³/mol. The van der Waals surface area contributed by atoms with Crippen molar-refractivity contribution < 1.29 is 23.1 Å². The van der Waals surface area contributed by atoms with Gasteiger partial charge in [-0.25, -0.2) is 4.79 Å². The summed E-state index contributed by atoms with van der Waals surface area (Å²) in [5, 5.41) is 9.04. The predicted octanol–water partition coefficient (Wildman–Crippen LogP) is 2.35. The lowest BCUT2D eigenvalue weighted by atomic mass is 10.0. The smallest absolute Gasteiger partial charge is 0.401 e. The second kappa shape index (κ2) is 5.92. The van der Waals surface area contributed by atoms with E-state index in [1.807, 2.05) is 0 Å². The number of nitrogens with two attached hydrogens (primary N) is 1. The largest absolute Gasteiger partial charge is 0.478 e. The van der Waals surface area contributed by atoms with Gasteiger partial charge in [0.15, 0.2) is 0 Å². The molecule has 1 rings (SSSR count). The van der Waals surface area contributed by atoms with Crippen molar-refractivity contribution in [2.24, 2.45) is 0 Å². The van der Waals surface area contributed by atoms with E-state index in [0.29, 0.717) is 0 Å². The molecule has 0 aliphatic carbocycles. The Morgan fingerprint density at radius 2 is 2.05 bits per heavy atom. The molecule has 0 bridgehead atoms. The highest BCUT2D eigenvalue weighted by Gasteiger charge is 2.30. The van der Waals surface area contributed by atoms with Gasteiger partial charge in [-0.05, 0) is 18.2 Å². The number of hydrogen-bond donors (Lipinski definition) is 2. The molecule has 0 saturated heterocycles. The number of carbonyl (C=O) groups is 1. The minimum absolute atomic E-state index is 0.0491. The Kier molecular flexibility index (Phi) is 4.77. The number of nitrogens with zero attached hydrogens (tertiary/aromatic N) is 1. The zero-order valence-corrected chi connectivity index (χ0v) is 10.4. The summed E-state index contributed by atoms with van der Waals surface area (Å²) in [6.45, 7) is 0.548. The number of hydrogen-bond acceptors (Lipinski definition) is 3. The van der Waals surface area contributed by atoms with Crippen LogP contribution in [0.4, 0.5) is 18.9 Å². The Labute approximate surface area is 108 Å². The van der Waals surface area contributed by atoms with E-state index in [4.69, 9.17) is 10.8 Å². The molecule has 1 aromatic rings. The molecule has 1 aromatic carbocycles. The van der Waals surface area contributed by atoms with Crippen LogP contribution in [0.1, 0.15) is 22.8 Å². The first kappa shape index (κ1) is 15.3. The van der Waals surface area contributed by atoms with E-state index in [1.165, 1.54) is 18.2 Å². The number of carboxylic acid groups (broad SMARTS) is 1. The number of anilines is 1. The second-order valence-electron chi connectivity index (χ2n) is 4.10. The summed E-state index contributed by atoms with van der Waals surface area (Å²) in [6.07, 6.45) is -4.32. The van der Waals surface area contributed by atoms with Gasteiger partial charge in [0.25, 0.3) is 0 Å². The molecule has 0 unspecified atom stereocenters. The van der Waals surface area contributed by atoms with Crippen molar-refractivity contribution in [2.45, 2.75) is 19.6 Å². The molecular formula is C12H15F3N2O2. The van der Waals surface area contributed by atoms with Crippen LogP contribution in [0, 0.1) is 0 Å². The van der Waals surface area contributed by atoms with Crippen molar-refractivity contribution in [1.82, 2.24) is 4.90 Å². The molecular weight excluding hydrogens is 261 g/mol. The summed E-state index contributed by atoms with van der Waals surface area (Å²) in [5.74, 6) is -1.24. The Morgan fingerprint density at radius 3 is 2.53 bits per heavy atom. The number of aromatic carboxylic acids is 1. The number of rotatable bonds is 5. The maximum Gasteiger partial charge on any atom is 0.401 e. The van der Waals surface area contributed by atoms with Crippen molar-refractivity contribution in [2.75, 3.05) is 18.8 Å². The molecule has 0 atom stereocenters. The van der Waals surface area contributed by atoms with Crippen molar-refractivity contribution >= 4 is 11.7 Å². The number of nitrogen functional groups attached to an aromatic ring is 1. The van der Waals surface area contributed by atoms with Gasteiger partial charge < -0.3 is 10.8 Å². The lowest BCUT2D eigenvalue weighted by Gasteiger charge is -2.23. The van der Waals surface area contributed by atoms with E-state index in [-0.39, 0.29) is 29.9 Å². The fourth-order valence-corrected chi connectivity index (χ4v) is 1.79. The second-order valence-corrected chi connectivity index (χ2v) is 4.10. The molecule has 4 nitrogen and oxygen atoms in total. The third-order valence-corrected chi connectivity index (χ3v) is 2.64. The monoisotopic (exact) mass is 276 g/mol. The van der Waals surface area contributed by atoms with Crippen LogP contribution in [0.15, 0.2) is 18.2 Å². The van der Waals surface area contributed by atoms with Crippen LogP contribution in [0.5, 0.6) is 0 Å². The molecule has 0 aliphatic heterocycles. The maximum atomic E-state index is 12.4. The topological polar surface area (TPSA) is 66.6 Å². The summed E-state index contributed by atoms with van der Waals surface area (Å²) < 4.78 is 37.1. The van der Waals surface area contributed by atoms with E-state index >= 15 is 0 Å². The molecule has 7 heteroatoms. The molecule has 0 spiro atoms. The summed E-state index contributed by atoms with van der Waals surface area (Å²) in [6, 6.07) is 4.41. The van der Waals surface area contributed by atoms with Crippen molar-refractivity contribution in [3.63, 3.8) is 0 Å². The molecule has 106 valence electrons. The maximum absolute atomic E-state index is 12.4. The summed E-state index contributed by atoms with van der Waals surface area (Å²) in [5.41, 5.74) is 5.73. The highest BCUT2D eigenvalue weighted by atomic mass is 19.4. The molecule has 0 aromatic heterocycles. The van der Waals surface area contributed by atoms with Gasteiger partial charge in [-0.3, -0.25) is 4.90 Å². The SMILES string of the molecule is CCN(Cc1cccc(N)c1C(=O)O)CC(F)(F)F. The summed E-state index contributed by atoms with van der Waals surface area (Å²) >= 11 is 0. The van der Waals surface area contributed by atoms with Gasteiger partial charge >= 0.3 is 12.1 Å². The Balaban J connectivity index is 2.98. The molecule has 3 N–H and O–H groups in total. The van der Waals surface area contributed by atoms with E-state index in [2.05, 4.69) is 0 Å². The molecule has 0 aliphatic rings. The van der Waals surface area contributed by atoms with Gasteiger partial charge in [0.05, 0.1) is 12.1 Å². The third kappa shape index (κ3) is 4.44. The lowest BCUT2D eigenvalue weighted by Crippen LogP contribution is -2.34. The van der Waals surface area contributed by atoms with Gasteiger partial charge in [-0.2, -0.15) is 13.2 Å². The van der Waals surface area contributed by atoms with Crippen LogP contribution in [0.25, 0.3) is 0 Å². The average molecular weight is 276 g/mol. The Bertz CT molecular complexity index is 461. The first-order chi connectivity index (χ1) is 8.74. The highest BCUT2D eigenvalue weighted by Crippen LogP contribution is 2.22. The fraction of sp³-hybridized carbons (Fsp3) is 0.417. The Morgan fingerprint density at radius 1 is 1.42 bits per heavy atom. The van der Waals surface area contributed by atoms with Gasteiger partial charge in [-0.15, -0.1) is 0 Å². The van der Waals surface area contributed by atoms with Crippen molar-refractivity contribution in [3.05, 3.63) is 29.3 Å². The highest BCUT2D eigenvalue weighted by molar-refractivity contribution is 5.95. The van der Waals surface area contributed by atoms with E-state index in [9.17, 15) is 18.0 Å². The minimum Gasteiger partial charge on any atom is -0.478 e. The van der Waals surface area contributed by atoms with Crippen molar-refractivity contribution in [1.29, 1.82) is 0 Å². The summed E-state index contributed by atoms with van der Waals surface area (Å²) in [4.78, 5) is 12.2. The summed E-state index contributed by atoms with van der Waals surface area (Å²) in [7, 11) is 0. The van der Waals surface area contributed by atoms with Crippen LogP contribution in [0.3, 0.4) is 0 Å². The van der Waals surface area contributed by atoms with E-state index in [1.54, 1.807) is 6.92 Å². The van der Waals surface area contributed by atoms with E-state index in [0.717, 1.165) is 4.90 Å². The molecule has 0 fully saturated rings. The number of halogens is 3. The first-order valence-electron chi connectivity index (χ1n) is 5.64. The zero-order valence-electron chi connectivity index (χ0n) is 10.4. The molecule has 19 heavy (non-hydrogen) atoms. The number of carboxylic acids is 1. The molecule has 0 heterocycles. The van der Waals surface area contributed by atoms with Gasteiger partial charge in [0.1, 0.15) is 0 Å². The normalized spacial score (nSPS) is 11.8. The third-order valence-electron chi connectivity index (χ3n) is 2.64. The Hall–Kier alpha value is -1.76. The molecule has 0 saturated carbocycles. The lowest BCUT2D eigenvalue weighted by molar-refractivity contribution is -0.146. The van der Waals surface area contributed by atoms with Crippen LogP contribution in [0.2, 0.25) is 0 Å². The van der Waals surface area contributed by atoms with Gasteiger partial charge in [0, 0.05) is 12.2 Å². The first-order valence-corrected chi connectivity index (χ1v) is 5.64. The standard InChI is InChI=1S/C12H15F3N2O2/c1-2-17(7-12(13,14)15)6-8-4-3-5-9(16)10(8)11(18)19/h3-5H,2,6-7,16H2,1H3,(H,18,19). The average Bonchev–Trinajstić information content (AvgIpc) is 2.25. The fourth-order valence-electron chi connectivity index (χ4n) is 1.79. The van der Waals surface area contributed by atoms with Crippen LogP contribution < -0.4 is 5.73 Å². The van der Waals surface area contributed by atoms with Crippen LogP contribution in [-0.2, 0) is 6.54 Å².